The van der Waals surface area contributed by atoms with Gasteiger partial charge in [-0.15, -0.1) is 0 Å². The molecule has 3 rings (SSSR count). The van der Waals surface area contributed by atoms with E-state index in [1.807, 2.05) is 24.3 Å². The van der Waals surface area contributed by atoms with Crippen molar-refractivity contribution in [1.29, 1.82) is 0 Å². The highest BCUT2D eigenvalue weighted by Crippen LogP contribution is 2.37. The predicted octanol–water partition coefficient (Wildman–Crippen LogP) is 5.21. The molecule has 0 atom stereocenters. The van der Waals surface area contributed by atoms with E-state index in [4.69, 9.17) is 4.74 Å². The minimum absolute atomic E-state index is 0.107. The molecule has 0 amide bonds. The van der Waals surface area contributed by atoms with Crippen LogP contribution in [0.4, 0.5) is 8.78 Å². The zero-order chi connectivity index (χ0) is 15.7. The maximum atomic E-state index is 13.2. The molecule has 0 N–H and O–H groups in total. The standard InChI is InChI=1S/C17H15F2IO2/c18-17(19)7-5-13(6-8-17)22-15-4-2-12-9-11(10-21)1-3-14(12)16(15)20/h1-4,9-10,13H,5-8H2. The Morgan fingerprint density at radius 3 is 2.59 bits per heavy atom. The first kappa shape index (κ1) is 15.6. The lowest BCUT2D eigenvalue weighted by Crippen LogP contribution is -2.30. The van der Waals surface area contributed by atoms with E-state index in [9.17, 15) is 13.6 Å². The van der Waals surface area contributed by atoms with Crippen molar-refractivity contribution in [2.45, 2.75) is 37.7 Å². The van der Waals surface area contributed by atoms with Crippen molar-refractivity contribution in [1.82, 2.24) is 0 Å². The average Bonchev–Trinajstić information content (AvgIpc) is 2.51. The quantitative estimate of drug-likeness (QED) is 0.507. The molecule has 116 valence electrons. The van der Waals surface area contributed by atoms with Gasteiger partial charge in [-0.25, -0.2) is 8.78 Å². The summed E-state index contributed by atoms with van der Waals surface area (Å²) in [5.41, 5.74) is 0.631. The van der Waals surface area contributed by atoms with Crippen LogP contribution in [0.1, 0.15) is 36.0 Å². The lowest BCUT2D eigenvalue weighted by molar-refractivity contribution is -0.0583. The van der Waals surface area contributed by atoms with Crippen molar-refractivity contribution in [2.24, 2.45) is 0 Å². The van der Waals surface area contributed by atoms with Crippen LogP contribution < -0.4 is 4.74 Å². The van der Waals surface area contributed by atoms with Gasteiger partial charge in [-0.05, 0) is 58.3 Å². The number of halogens is 3. The molecule has 1 aliphatic rings. The molecule has 0 radical (unpaired) electrons. The van der Waals surface area contributed by atoms with Crippen LogP contribution in [0.25, 0.3) is 10.8 Å². The van der Waals surface area contributed by atoms with E-state index < -0.39 is 5.92 Å². The minimum Gasteiger partial charge on any atom is -0.489 e. The van der Waals surface area contributed by atoms with Crippen LogP contribution in [-0.2, 0) is 0 Å². The third-order valence-electron chi connectivity index (χ3n) is 4.04. The third kappa shape index (κ3) is 3.24. The number of rotatable bonds is 3. The smallest absolute Gasteiger partial charge is 0.248 e. The summed E-state index contributed by atoms with van der Waals surface area (Å²) in [7, 11) is 0. The molecular weight excluding hydrogens is 401 g/mol. The number of hydrogen-bond acceptors (Lipinski definition) is 2. The topological polar surface area (TPSA) is 26.3 Å². The van der Waals surface area contributed by atoms with Crippen molar-refractivity contribution in [3.8, 4) is 5.75 Å². The van der Waals surface area contributed by atoms with Crippen molar-refractivity contribution in [3.63, 3.8) is 0 Å². The van der Waals surface area contributed by atoms with E-state index in [0.717, 1.165) is 26.4 Å². The Morgan fingerprint density at radius 2 is 1.91 bits per heavy atom. The Kier molecular flexibility index (Phi) is 4.34. The summed E-state index contributed by atoms with van der Waals surface area (Å²) in [6.07, 6.45) is 1.21. The first-order valence-electron chi connectivity index (χ1n) is 7.20. The molecule has 0 unspecified atom stereocenters. The van der Waals surface area contributed by atoms with Crippen molar-refractivity contribution in [2.75, 3.05) is 0 Å². The molecule has 2 nitrogen and oxygen atoms in total. The summed E-state index contributed by atoms with van der Waals surface area (Å²) in [5, 5.41) is 1.97. The molecule has 0 aliphatic heterocycles. The largest absolute Gasteiger partial charge is 0.489 e. The fraction of sp³-hybridized carbons (Fsp3) is 0.353. The second-order valence-electron chi connectivity index (χ2n) is 5.65. The van der Waals surface area contributed by atoms with Crippen LogP contribution in [0.2, 0.25) is 0 Å². The highest BCUT2D eigenvalue weighted by atomic mass is 127. The molecule has 0 heterocycles. The number of ether oxygens (including phenoxy) is 1. The van der Waals surface area contributed by atoms with E-state index in [2.05, 4.69) is 22.6 Å². The van der Waals surface area contributed by atoms with Gasteiger partial charge in [-0.2, -0.15) is 0 Å². The highest BCUT2D eigenvalue weighted by Gasteiger charge is 2.35. The molecule has 1 saturated carbocycles. The fourth-order valence-corrected chi connectivity index (χ4v) is 3.56. The molecule has 5 heteroatoms. The molecule has 22 heavy (non-hydrogen) atoms. The van der Waals surface area contributed by atoms with Crippen molar-refractivity contribution < 1.29 is 18.3 Å². The summed E-state index contributed by atoms with van der Waals surface area (Å²) in [6, 6.07) is 9.24. The van der Waals surface area contributed by atoms with Gasteiger partial charge in [0.25, 0.3) is 0 Å². The van der Waals surface area contributed by atoms with Crippen molar-refractivity contribution >= 4 is 39.6 Å². The van der Waals surface area contributed by atoms with Crippen LogP contribution in [0, 0.1) is 3.57 Å². The van der Waals surface area contributed by atoms with Gasteiger partial charge >= 0.3 is 0 Å². The van der Waals surface area contributed by atoms with Crippen LogP contribution in [-0.4, -0.2) is 18.3 Å². The number of benzene rings is 2. The van der Waals surface area contributed by atoms with E-state index in [-0.39, 0.29) is 18.9 Å². The normalized spacial score (nSPS) is 18.3. The number of aldehydes is 1. The van der Waals surface area contributed by atoms with E-state index >= 15 is 0 Å². The van der Waals surface area contributed by atoms with E-state index in [0.29, 0.717) is 18.4 Å². The van der Waals surface area contributed by atoms with Gasteiger partial charge in [0.15, 0.2) is 0 Å². The van der Waals surface area contributed by atoms with Crippen LogP contribution in [0.5, 0.6) is 5.75 Å². The van der Waals surface area contributed by atoms with E-state index in [1.165, 1.54) is 0 Å². The predicted molar refractivity (Wildman–Crippen MR) is 89.9 cm³/mol. The number of fused-ring (bicyclic) bond motifs is 1. The lowest BCUT2D eigenvalue weighted by atomic mass is 9.94. The molecule has 2 aromatic rings. The van der Waals surface area contributed by atoms with Crippen LogP contribution >= 0.6 is 22.6 Å². The molecule has 1 aliphatic carbocycles. The van der Waals surface area contributed by atoms with Gasteiger partial charge in [0.05, 0.1) is 9.67 Å². The van der Waals surface area contributed by atoms with Gasteiger partial charge in [0.2, 0.25) is 5.92 Å². The second-order valence-corrected chi connectivity index (χ2v) is 6.73. The minimum atomic E-state index is -2.54. The Labute approximate surface area is 141 Å². The molecule has 0 bridgehead atoms. The third-order valence-corrected chi connectivity index (χ3v) is 5.15. The SMILES string of the molecule is O=Cc1ccc2c(I)c(OC3CCC(F)(F)CC3)ccc2c1. The van der Waals surface area contributed by atoms with Gasteiger partial charge in [-0.1, -0.05) is 18.2 Å². The zero-order valence-corrected chi connectivity index (χ0v) is 14.0. The highest BCUT2D eigenvalue weighted by molar-refractivity contribution is 14.1. The Bertz CT molecular complexity index is 705. The van der Waals surface area contributed by atoms with Gasteiger partial charge < -0.3 is 4.74 Å². The maximum Gasteiger partial charge on any atom is 0.248 e. The van der Waals surface area contributed by atoms with Gasteiger partial charge in [-0.3, -0.25) is 4.79 Å². The maximum absolute atomic E-state index is 13.2. The summed E-state index contributed by atoms with van der Waals surface area (Å²) >= 11 is 2.20. The number of hydrogen-bond donors (Lipinski definition) is 0. The summed E-state index contributed by atoms with van der Waals surface area (Å²) in [6.45, 7) is 0. The summed E-state index contributed by atoms with van der Waals surface area (Å²) in [5.74, 6) is -1.82. The molecule has 2 aromatic carbocycles. The Hall–Kier alpha value is -1.24. The average molecular weight is 416 g/mol. The summed E-state index contributed by atoms with van der Waals surface area (Å²) < 4.78 is 33.3. The molecule has 0 saturated heterocycles. The van der Waals surface area contributed by atoms with Crippen LogP contribution in [0.3, 0.4) is 0 Å². The second kappa shape index (κ2) is 6.10. The molecule has 0 aromatic heterocycles. The molecule has 1 fully saturated rings. The molecule has 0 spiro atoms. The monoisotopic (exact) mass is 416 g/mol. The van der Waals surface area contributed by atoms with Gasteiger partial charge in [0, 0.05) is 18.4 Å². The molecular formula is C17H15F2IO2. The fourth-order valence-electron chi connectivity index (χ4n) is 2.77. The number of carbonyl (C=O) groups excluding carboxylic acids is 1. The Morgan fingerprint density at radius 1 is 1.18 bits per heavy atom. The Balaban J connectivity index is 1.83. The first-order chi connectivity index (χ1) is 10.5. The van der Waals surface area contributed by atoms with Crippen molar-refractivity contribution in [3.05, 3.63) is 39.5 Å². The lowest BCUT2D eigenvalue weighted by Gasteiger charge is -2.29. The zero-order valence-electron chi connectivity index (χ0n) is 11.8. The van der Waals surface area contributed by atoms with Gasteiger partial charge in [0.1, 0.15) is 12.0 Å². The van der Waals surface area contributed by atoms with Crippen LogP contribution in [0.15, 0.2) is 30.3 Å². The number of carbonyl (C=O) groups is 1. The number of alkyl halides is 2. The van der Waals surface area contributed by atoms with E-state index in [1.54, 1.807) is 6.07 Å². The summed E-state index contributed by atoms with van der Waals surface area (Å²) in [4.78, 5) is 10.8. The first-order valence-corrected chi connectivity index (χ1v) is 8.28.